The van der Waals surface area contributed by atoms with Crippen molar-refractivity contribution in [2.45, 2.75) is 35.7 Å². The van der Waals surface area contributed by atoms with Crippen LogP contribution in [0.4, 0.5) is 11.4 Å². The molecule has 1 unspecified atom stereocenters. The Morgan fingerprint density at radius 2 is 1.64 bits per heavy atom. The fraction of sp³-hybridized carbons (Fsp3) is 0.208. The summed E-state index contributed by atoms with van der Waals surface area (Å²) in [6.45, 7) is 5.27. The summed E-state index contributed by atoms with van der Waals surface area (Å²) in [5.41, 5.74) is 4.30. The molecule has 0 aliphatic carbocycles. The molecule has 0 saturated carbocycles. The predicted molar refractivity (Wildman–Crippen MR) is 116 cm³/mol. The molecule has 4 rings (SSSR count). The summed E-state index contributed by atoms with van der Waals surface area (Å²) in [5.74, 6) is 0. The van der Waals surface area contributed by atoms with Crippen LogP contribution in [-0.2, 0) is 0 Å². The number of rotatable bonds is 5. The topological polar surface area (TPSA) is 39.1 Å². The molecule has 0 spiro atoms. The molecule has 4 heteroatoms. The van der Waals surface area contributed by atoms with Gasteiger partial charge in [0.2, 0.25) is 0 Å². The summed E-state index contributed by atoms with van der Waals surface area (Å²) in [6, 6.07) is 27.8. The molecule has 3 aromatic rings. The maximum atomic E-state index is 9.37. The Morgan fingerprint density at radius 3 is 2.43 bits per heavy atom. The molecule has 140 valence electrons. The highest BCUT2D eigenvalue weighted by atomic mass is 32.2. The van der Waals surface area contributed by atoms with Gasteiger partial charge >= 0.3 is 0 Å². The summed E-state index contributed by atoms with van der Waals surface area (Å²) < 4.78 is 0. The van der Waals surface area contributed by atoms with Crippen LogP contribution in [0.1, 0.15) is 31.0 Å². The van der Waals surface area contributed by atoms with Gasteiger partial charge in [-0.1, -0.05) is 54.2 Å². The monoisotopic (exact) mass is 385 g/mol. The lowest BCUT2D eigenvalue weighted by Crippen LogP contribution is -2.39. The minimum atomic E-state index is 0.237. The Kier molecular flexibility index (Phi) is 5.38. The molecule has 1 heterocycles. The molecule has 3 aromatic carbocycles. The molecule has 28 heavy (non-hydrogen) atoms. The molecule has 0 aromatic heterocycles. The van der Waals surface area contributed by atoms with Crippen LogP contribution in [0.2, 0.25) is 0 Å². The lowest BCUT2D eigenvalue weighted by Gasteiger charge is -2.38. The highest BCUT2D eigenvalue weighted by Crippen LogP contribution is 2.49. The van der Waals surface area contributed by atoms with Crippen LogP contribution in [0.3, 0.4) is 0 Å². The highest BCUT2D eigenvalue weighted by Gasteiger charge is 2.27. The summed E-state index contributed by atoms with van der Waals surface area (Å²) in [5, 5.41) is 13.0. The van der Waals surface area contributed by atoms with Crippen molar-refractivity contribution < 1.29 is 0 Å². The molecule has 0 fully saturated rings. The van der Waals surface area contributed by atoms with Crippen LogP contribution in [0.15, 0.2) is 82.6 Å². The van der Waals surface area contributed by atoms with Gasteiger partial charge in [-0.3, -0.25) is 0 Å². The van der Waals surface area contributed by atoms with E-state index in [1.165, 1.54) is 21.0 Å². The molecule has 0 amide bonds. The molecule has 2 atom stereocenters. The Morgan fingerprint density at radius 1 is 0.929 bits per heavy atom. The molecular weight excluding hydrogens is 362 g/mol. The third-order valence-electron chi connectivity index (χ3n) is 5.15. The largest absolute Gasteiger partial charge is 0.335 e. The summed E-state index contributed by atoms with van der Waals surface area (Å²) in [4.78, 5) is 4.82. The Labute approximate surface area is 171 Å². The zero-order valence-electron chi connectivity index (χ0n) is 16.1. The molecule has 0 radical (unpaired) electrons. The number of benzene rings is 3. The maximum absolute atomic E-state index is 9.37. The van der Waals surface area contributed by atoms with Gasteiger partial charge in [0.25, 0.3) is 0 Å². The molecule has 1 aliphatic heterocycles. The quantitative estimate of drug-likeness (QED) is 0.593. The van der Waals surface area contributed by atoms with Crippen molar-refractivity contribution in [3.63, 3.8) is 0 Å². The molecule has 0 saturated heterocycles. The van der Waals surface area contributed by atoms with Crippen LogP contribution in [-0.4, -0.2) is 12.6 Å². The summed E-state index contributed by atoms with van der Waals surface area (Å²) in [7, 11) is 0. The van der Waals surface area contributed by atoms with E-state index in [1.807, 2.05) is 18.2 Å². The van der Waals surface area contributed by atoms with Crippen molar-refractivity contribution in [1.29, 1.82) is 5.26 Å². The fourth-order valence-corrected chi connectivity index (χ4v) is 4.68. The molecular formula is C24H23N3S. The van der Waals surface area contributed by atoms with Gasteiger partial charge in [0.1, 0.15) is 0 Å². The lowest BCUT2D eigenvalue weighted by atomic mass is 10.1. The van der Waals surface area contributed by atoms with Crippen LogP contribution in [0, 0.1) is 11.3 Å². The average Bonchev–Trinajstić information content (AvgIpc) is 2.75. The van der Waals surface area contributed by atoms with Gasteiger partial charge in [0, 0.05) is 28.4 Å². The van der Waals surface area contributed by atoms with E-state index in [2.05, 4.69) is 84.7 Å². The smallest absolute Gasteiger partial charge is 0.0992 e. The maximum Gasteiger partial charge on any atom is 0.0992 e. The van der Waals surface area contributed by atoms with Gasteiger partial charge in [-0.05, 0) is 49.7 Å². The van der Waals surface area contributed by atoms with E-state index in [0.717, 1.165) is 12.2 Å². The number of hydrogen-bond donors (Lipinski definition) is 1. The summed E-state index contributed by atoms with van der Waals surface area (Å²) in [6.07, 6.45) is 0. The second kappa shape index (κ2) is 8.10. The number of nitriles is 1. The lowest BCUT2D eigenvalue weighted by molar-refractivity contribution is 0.527. The van der Waals surface area contributed by atoms with Crippen molar-refractivity contribution in [3.8, 4) is 6.07 Å². The van der Waals surface area contributed by atoms with Crippen molar-refractivity contribution in [2.24, 2.45) is 0 Å². The first-order valence-electron chi connectivity index (χ1n) is 9.56. The second-order valence-electron chi connectivity index (χ2n) is 7.12. The zero-order chi connectivity index (χ0) is 19.5. The van der Waals surface area contributed by atoms with Gasteiger partial charge < -0.3 is 10.2 Å². The van der Waals surface area contributed by atoms with Gasteiger partial charge in [-0.25, -0.2) is 0 Å². The van der Waals surface area contributed by atoms with Gasteiger partial charge in [-0.2, -0.15) is 5.26 Å². The Hall–Kier alpha value is -2.74. The normalized spacial score (nSPS) is 14.5. The van der Waals surface area contributed by atoms with Gasteiger partial charge in [0.05, 0.1) is 23.0 Å². The van der Waals surface area contributed by atoms with E-state index < -0.39 is 0 Å². The first-order chi connectivity index (χ1) is 13.7. The number of nitrogens with zero attached hydrogens (tertiary/aromatic N) is 2. The first-order valence-corrected chi connectivity index (χ1v) is 10.4. The van der Waals surface area contributed by atoms with Crippen LogP contribution < -0.4 is 10.2 Å². The van der Waals surface area contributed by atoms with E-state index in [1.54, 1.807) is 11.8 Å². The van der Waals surface area contributed by atoms with Crippen molar-refractivity contribution in [1.82, 2.24) is 5.32 Å². The molecule has 3 nitrogen and oxygen atoms in total. The third kappa shape index (κ3) is 3.64. The molecule has 0 bridgehead atoms. The first kappa shape index (κ1) is 18.6. The Balaban J connectivity index is 1.62. The third-order valence-corrected chi connectivity index (χ3v) is 6.28. The average molecular weight is 386 g/mol. The fourth-order valence-electron chi connectivity index (χ4n) is 3.63. The second-order valence-corrected chi connectivity index (χ2v) is 8.21. The number of hydrogen-bond acceptors (Lipinski definition) is 4. The van der Waals surface area contributed by atoms with E-state index in [-0.39, 0.29) is 12.1 Å². The van der Waals surface area contributed by atoms with Crippen molar-refractivity contribution >= 4 is 23.1 Å². The van der Waals surface area contributed by atoms with E-state index in [4.69, 9.17) is 0 Å². The van der Waals surface area contributed by atoms with Crippen LogP contribution in [0.25, 0.3) is 0 Å². The minimum Gasteiger partial charge on any atom is -0.335 e. The molecule has 1 N–H and O–H groups in total. The zero-order valence-corrected chi connectivity index (χ0v) is 16.9. The molecule has 1 aliphatic rings. The van der Waals surface area contributed by atoms with Gasteiger partial charge in [0.15, 0.2) is 0 Å². The number of fused-ring (bicyclic) bond motifs is 2. The van der Waals surface area contributed by atoms with E-state index >= 15 is 0 Å². The highest BCUT2D eigenvalue weighted by molar-refractivity contribution is 7.99. The SMILES string of the molecule is CC(CN[C@@H](C)c1ccccc1)N1c2ccccc2Sc2ccc(C#N)cc21. The standard InChI is InChI=1S/C24H23N3S/c1-17(16-26-18(2)20-8-4-3-5-9-20)27-21-10-6-7-11-23(21)28-24-13-12-19(15-25)14-22(24)27/h3-14,17-18,26H,16H2,1-2H3/t17?,18-/m0/s1. The van der Waals surface area contributed by atoms with Crippen LogP contribution in [0.5, 0.6) is 0 Å². The summed E-state index contributed by atoms with van der Waals surface area (Å²) >= 11 is 1.77. The number of anilines is 2. The minimum absolute atomic E-state index is 0.237. The number of para-hydroxylation sites is 1. The van der Waals surface area contributed by atoms with Gasteiger partial charge in [-0.15, -0.1) is 0 Å². The van der Waals surface area contributed by atoms with Crippen LogP contribution >= 0.6 is 11.8 Å². The van der Waals surface area contributed by atoms with E-state index in [0.29, 0.717) is 5.56 Å². The predicted octanol–water partition coefficient (Wildman–Crippen LogP) is 5.90. The number of nitrogens with one attached hydrogen (secondary N) is 1. The van der Waals surface area contributed by atoms with Crippen molar-refractivity contribution in [2.75, 3.05) is 11.4 Å². The van der Waals surface area contributed by atoms with E-state index in [9.17, 15) is 5.26 Å². The van der Waals surface area contributed by atoms with Crippen molar-refractivity contribution in [3.05, 3.63) is 83.9 Å². The Bertz CT molecular complexity index is 1010.